The zero-order valence-electron chi connectivity index (χ0n) is 17.7. The summed E-state index contributed by atoms with van der Waals surface area (Å²) in [6, 6.07) is 22.4. The number of para-hydroxylation sites is 2. The average molecular weight is 441 g/mol. The topological polar surface area (TPSA) is 63.4 Å². The zero-order valence-corrected chi connectivity index (χ0v) is 18.5. The second-order valence-corrected chi connectivity index (χ2v) is 8.46. The zero-order chi connectivity index (χ0) is 22.2. The van der Waals surface area contributed by atoms with Crippen molar-refractivity contribution in [3.63, 3.8) is 0 Å². The van der Waals surface area contributed by atoms with Crippen molar-refractivity contribution in [1.29, 1.82) is 0 Å². The maximum atomic E-state index is 13.6. The quantitative estimate of drug-likeness (QED) is 0.342. The lowest BCUT2D eigenvalue weighted by atomic mass is 10.0. The lowest BCUT2D eigenvalue weighted by Crippen LogP contribution is -2.30. The van der Waals surface area contributed by atoms with E-state index in [4.69, 9.17) is 4.42 Å². The van der Waals surface area contributed by atoms with Crippen molar-refractivity contribution in [2.45, 2.75) is 13.8 Å². The second-order valence-electron chi connectivity index (χ2n) is 7.45. The molecule has 0 spiro atoms. The van der Waals surface area contributed by atoms with E-state index in [9.17, 15) is 9.59 Å². The lowest BCUT2D eigenvalue weighted by Gasteiger charge is -2.18. The average Bonchev–Trinajstić information content (AvgIpc) is 3.25. The summed E-state index contributed by atoms with van der Waals surface area (Å²) in [6.07, 6.45) is 0. The molecule has 0 N–H and O–H groups in total. The third-order valence-electron chi connectivity index (χ3n) is 5.49. The lowest BCUT2D eigenvalue weighted by molar-refractivity contribution is 0.0989. The Morgan fingerprint density at radius 1 is 1.00 bits per heavy atom. The minimum absolute atomic E-state index is 0.136. The number of carbonyl (C=O) groups is 1. The number of hydrogen-bond donors (Lipinski definition) is 0. The van der Waals surface area contributed by atoms with Gasteiger partial charge in [0.05, 0.1) is 21.2 Å². The van der Waals surface area contributed by atoms with Gasteiger partial charge in [-0.2, -0.15) is 0 Å². The molecule has 0 aliphatic carbocycles. The van der Waals surface area contributed by atoms with E-state index < -0.39 is 0 Å². The highest BCUT2D eigenvalue weighted by Gasteiger charge is 2.24. The number of nitrogens with zero attached hydrogens (tertiary/aromatic N) is 2. The smallest absolute Gasteiger partial charge is 0.263 e. The van der Waals surface area contributed by atoms with E-state index >= 15 is 0 Å². The molecule has 2 aromatic heterocycles. The molecule has 0 saturated carbocycles. The van der Waals surface area contributed by atoms with E-state index in [-0.39, 0.29) is 11.3 Å². The Labute approximate surface area is 188 Å². The molecule has 32 heavy (non-hydrogen) atoms. The molecule has 3 aromatic carbocycles. The van der Waals surface area contributed by atoms with Crippen LogP contribution >= 0.6 is 11.3 Å². The number of thiazole rings is 1. The van der Waals surface area contributed by atoms with Gasteiger partial charge < -0.3 is 4.42 Å². The number of rotatable bonds is 4. The fourth-order valence-electron chi connectivity index (χ4n) is 3.83. The molecule has 0 atom stereocenters. The third-order valence-corrected chi connectivity index (χ3v) is 6.55. The molecule has 6 heteroatoms. The molecule has 0 radical (unpaired) electrons. The Kier molecular flexibility index (Phi) is 5.07. The number of carbonyl (C=O) groups excluding carboxylic acids is 1. The maximum absolute atomic E-state index is 13.6. The maximum Gasteiger partial charge on any atom is 0.263 e. The molecule has 0 aliphatic rings. The Bertz CT molecular complexity index is 1490. The van der Waals surface area contributed by atoms with Gasteiger partial charge in [-0.1, -0.05) is 59.9 Å². The summed E-state index contributed by atoms with van der Waals surface area (Å²) in [5.41, 5.74) is 2.67. The highest BCUT2D eigenvalue weighted by atomic mass is 32.1. The standard InChI is InChI=1S/C26H20N2O3S/c1-3-28(26-27-20-14-7-8-15-21(20)32-26)25(30)19-13-9-12-18-22(29)16(2)23(31-24(18)19)17-10-5-4-6-11-17/h4-15H,3H2,1-2H3. The second kappa shape index (κ2) is 8.05. The predicted octanol–water partition coefficient (Wildman–Crippen LogP) is 6.04. The first-order chi connectivity index (χ1) is 15.6. The van der Waals surface area contributed by atoms with Gasteiger partial charge in [0, 0.05) is 17.7 Å². The highest BCUT2D eigenvalue weighted by molar-refractivity contribution is 7.22. The molecule has 0 bridgehead atoms. The van der Waals surface area contributed by atoms with Crippen LogP contribution in [0, 0.1) is 6.92 Å². The van der Waals surface area contributed by atoms with Crippen LogP contribution in [0.2, 0.25) is 0 Å². The molecule has 0 aliphatic heterocycles. The molecule has 5 aromatic rings. The molecule has 158 valence electrons. The van der Waals surface area contributed by atoms with Crippen LogP contribution in [0.4, 0.5) is 5.13 Å². The first kappa shape index (κ1) is 20.2. The van der Waals surface area contributed by atoms with Gasteiger partial charge in [0.1, 0.15) is 5.76 Å². The van der Waals surface area contributed by atoms with Gasteiger partial charge >= 0.3 is 0 Å². The van der Waals surface area contributed by atoms with Crippen LogP contribution in [-0.4, -0.2) is 17.4 Å². The van der Waals surface area contributed by atoms with Crippen LogP contribution in [0.25, 0.3) is 32.5 Å². The van der Waals surface area contributed by atoms with E-state index in [1.807, 2.05) is 61.5 Å². The molecule has 5 nitrogen and oxygen atoms in total. The van der Waals surface area contributed by atoms with E-state index in [0.29, 0.717) is 39.5 Å². The van der Waals surface area contributed by atoms with Gasteiger partial charge in [-0.25, -0.2) is 4.98 Å². The first-order valence-corrected chi connectivity index (χ1v) is 11.2. The van der Waals surface area contributed by atoms with Crippen molar-refractivity contribution in [1.82, 2.24) is 4.98 Å². The van der Waals surface area contributed by atoms with Crippen LogP contribution in [0.15, 0.2) is 82.0 Å². The minimum Gasteiger partial charge on any atom is -0.455 e. The third kappa shape index (κ3) is 3.29. The van der Waals surface area contributed by atoms with Crippen LogP contribution < -0.4 is 10.3 Å². The van der Waals surface area contributed by atoms with E-state index in [0.717, 1.165) is 15.8 Å². The summed E-state index contributed by atoms with van der Waals surface area (Å²) in [6.45, 7) is 4.10. The summed E-state index contributed by atoms with van der Waals surface area (Å²) in [5, 5.41) is 1.02. The number of hydrogen-bond acceptors (Lipinski definition) is 5. The van der Waals surface area contributed by atoms with Crippen molar-refractivity contribution in [2.75, 3.05) is 11.4 Å². The summed E-state index contributed by atoms with van der Waals surface area (Å²) in [5.74, 6) is 0.231. The van der Waals surface area contributed by atoms with E-state index in [2.05, 4.69) is 4.98 Å². The van der Waals surface area contributed by atoms with Gasteiger partial charge in [0.25, 0.3) is 5.91 Å². The fourth-order valence-corrected chi connectivity index (χ4v) is 4.86. The number of amides is 1. The normalized spacial score (nSPS) is 11.2. The Morgan fingerprint density at radius 3 is 2.50 bits per heavy atom. The molecule has 0 unspecified atom stereocenters. The molecule has 0 saturated heterocycles. The van der Waals surface area contributed by atoms with Crippen LogP contribution in [-0.2, 0) is 0 Å². The monoisotopic (exact) mass is 440 g/mol. The summed E-state index contributed by atoms with van der Waals surface area (Å²) < 4.78 is 7.25. The van der Waals surface area contributed by atoms with E-state index in [1.54, 1.807) is 30.0 Å². The fraction of sp³-hybridized carbons (Fsp3) is 0.115. The molecular weight excluding hydrogens is 420 g/mol. The molecule has 1 amide bonds. The van der Waals surface area contributed by atoms with E-state index in [1.165, 1.54) is 11.3 Å². The van der Waals surface area contributed by atoms with Gasteiger partial charge in [-0.05, 0) is 38.1 Å². The van der Waals surface area contributed by atoms with Crippen LogP contribution in [0.5, 0.6) is 0 Å². The summed E-state index contributed by atoms with van der Waals surface area (Å²) in [4.78, 5) is 33.0. The van der Waals surface area contributed by atoms with Crippen LogP contribution in [0.3, 0.4) is 0 Å². The molecule has 5 rings (SSSR count). The molecule has 0 fully saturated rings. The Hall–Kier alpha value is -3.77. The van der Waals surface area contributed by atoms with Gasteiger partial charge in [0.15, 0.2) is 16.1 Å². The summed E-state index contributed by atoms with van der Waals surface area (Å²) >= 11 is 1.47. The minimum atomic E-state index is -0.247. The van der Waals surface area contributed by atoms with Crippen molar-refractivity contribution < 1.29 is 9.21 Å². The highest BCUT2D eigenvalue weighted by Crippen LogP contribution is 2.32. The van der Waals surface area contributed by atoms with Gasteiger partial charge in [-0.3, -0.25) is 14.5 Å². The number of anilines is 1. The molecular formula is C26H20N2O3S. The van der Waals surface area contributed by atoms with Crippen molar-refractivity contribution in [3.8, 4) is 11.3 Å². The SMILES string of the molecule is CCN(C(=O)c1cccc2c(=O)c(C)c(-c3ccccc3)oc12)c1nc2ccccc2s1. The Balaban J connectivity index is 1.68. The number of aromatic nitrogens is 1. The van der Waals surface area contributed by atoms with Crippen molar-refractivity contribution >= 4 is 43.6 Å². The summed E-state index contributed by atoms with van der Waals surface area (Å²) in [7, 11) is 0. The van der Waals surface area contributed by atoms with Gasteiger partial charge in [0.2, 0.25) is 0 Å². The van der Waals surface area contributed by atoms with Gasteiger partial charge in [-0.15, -0.1) is 0 Å². The predicted molar refractivity (Wildman–Crippen MR) is 130 cm³/mol. The number of fused-ring (bicyclic) bond motifs is 2. The largest absolute Gasteiger partial charge is 0.455 e. The Morgan fingerprint density at radius 2 is 1.75 bits per heavy atom. The van der Waals surface area contributed by atoms with Crippen molar-refractivity contribution in [3.05, 3.63) is 94.1 Å². The van der Waals surface area contributed by atoms with Crippen LogP contribution in [0.1, 0.15) is 22.8 Å². The van der Waals surface area contributed by atoms with Crippen molar-refractivity contribution in [2.24, 2.45) is 0 Å². The number of benzene rings is 3. The first-order valence-electron chi connectivity index (χ1n) is 10.4. The molecule has 2 heterocycles.